The number of piperidine rings is 1. The fourth-order valence-corrected chi connectivity index (χ4v) is 8.49. The van der Waals surface area contributed by atoms with Crippen LogP contribution in [0.5, 0.6) is 0 Å². The predicted molar refractivity (Wildman–Crippen MR) is 160 cm³/mol. The molecule has 0 N–H and O–H groups in total. The van der Waals surface area contributed by atoms with Crippen molar-refractivity contribution in [3.8, 4) is 0 Å². The Labute approximate surface area is 233 Å². The molecule has 1 saturated carbocycles. The number of nitrogens with zero attached hydrogens (tertiary/aromatic N) is 2. The fraction of sp³-hybridized carbons (Fsp3) is 0.412. The van der Waals surface area contributed by atoms with Gasteiger partial charge in [0.15, 0.2) is 0 Å². The van der Waals surface area contributed by atoms with Crippen LogP contribution in [0.25, 0.3) is 10.9 Å². The monoisotopic (exact) mass is 540 g/mol. The van der Waals surface area contributed by atoms with Gasteiger partial charge in [-0.3, -0.25) is 0 Å². The van der Waals surface area contributed by atoms with Gasteiger partial charge in [0.1, 0.15) is 0 Å². The van der Waals surface area contributed by atoms with Gasteiger partial charge in [-0.05, 0) is 91.8 Å². The lowest BCUT2D eigenvalue weighted by Gasteiger charge is -2.32. The molecule has 0 amide bonds. The zero-order chi connectivity index (χ0) is 27.0. The van der Waals surface area contributed by atoms with Crippen molar-refractivity contribution < 1.29 is 8.42 Å². The molecule has 0 atom stereocenters. The average molecular weight is 541 g/mol. The number of aromatic nitrogens is 1. The van der Waals surface area contributed by atoms with E-state index in [4.69, 9.17) is 0 Å². The summed E-state index contributed by atoms with van der Waals surface area (Å²) in [5, 5.41) is 1.31. The Hall–Kier alpha value is -2.89. The topological polar surface area (TPSA) is 42.3 Å². The van der Waals surface area contributed by atoms with E-state index in [1.54, 1.807) is 4.31 Å². The lowest BCUT2D eigenvalue weighted by Crippen LogP contribution is -2.38. The third-order valence-corrected chi connectivity index (χ3v) is 11.2. The van der Waals surface area contributed by atoms with E-state index in [1.165, 1.54) is 71.0 Å². The number of hydrogen-bond acceptors (Lipinski definition) is 2. The van der Waals surface area contributed by atoms with Crippen molar-refractivity contribution in [1.82, 2.24) is 8.87 Å². The Morgan fingerprint density at radius 2 is 1.41 bits per heavy atom. The van der Waals surface area contributed by atoms with Gasteiger partial charge in [-0.2, -0.15) is 4.31 Å². The van der Waals surface area contributed by atoms with Gasteiger partial charge in [-0.25, -0.2) is 8.42 Å². The molecule has 0 unspecified atom stereocenters. The number of benzene rings is 3. The number of fused-ring (bicyclic) bond motifs is 1. The number of sulfonamides is 1. The Bertz CT molecular complexity index is 1550. The SMILES string of the molecule is Cc1ccccc1Cn1c(C)c(C2CCN(S(=O)(=O)c3ccc(C4CCCCC4)cc3)CC2)c2ccccc21. The van der Waals surface area contributed by atoms with Gasteiger partial charge in [0, 0.05) is 36.2 Å². The maximum atomic E-state index is 13.6. The summed E-state index contributed by atoms with van der Waals surface area (Å²) in [6.07, 6.45) is 8.02. The second-order valence-corrected chi connectivity index (χ2v) is 13.5. The Morgan fingerprint density at radius 1 is 0.744 bits per heavy atom. The molecule has 1 saturated heterocycles. The predicted octanol–water partition coefficient (Wildman–Crippen LogP) is 7.92. The van der Waals surface area contributed by atoms with E-state index in [0.29, 0.717) is 29.8 Å². The first-order chi connectivity index (χ1) is 18.9. The molecule has 4 aromatic rings. The second-order valence-electron chi connectivity index (χ2n) is 11.6. The minimum atomic E-state index is -3.48. The van der Waals surface area contributed by atoms with Gasteiger partial charge in [-0.1, -0.05) is 73.9 Å². The molecule has 0 spiro atoms. The molecule has 0 radical (unpaired) electrons. The molecule has 1 aromatic heterocycles. The number of para-hydroxylation sites is 1. The second kappa shape index (κ2) is 10.9. The minimum Gasteiger partial charge on any atom is -0.340 e. The van der Waals surface area contributed by atoms with Crippen molar-refractivity contribution in [3.63, 3.8) is 0 Å². The molecule has 2 heterocycles. The summed E-state index contributed by atoms with van der Waals surface area (Å²) in [4.78, 5) is 0.437. The van der Waals surface area contributed by atoms with Crippen molar-refractivity contribution >= 4 is 20.9 Å². The van der Waals surface area contributed by atoms with E-state index in [0.717, 1.165) is 19.4 Å². The van der Waals surface area contributed by atoms with E-state index >= 15 is 0 Å². The van der Waals surface area contributed by atoms with Crippen LogP contribution in [0, 0.1) is 13.8 Å². The van der Waals surface area contributed by atoms with Crippen LogP contribution >= 0.6 is 0 Å². The summed E-state index contributed by atoms with van der Waals surface area (Å²) < 4.78 is 31.3. The van der Waals surface area contributed by atoms with Crippen LogP contribution in [-0.2, 0) is 16.6 Å². The molecule has 204 valence electrons. The highest BCUT2D eigenvalue weighted by molar-refractivity contribution is 7.89. The average Bonchev–Trinajstić information content (AvgIpc) is 3.25. The van der Waals surface area contributed by atoms with Gasteiger partial charge in [-0.15, -0.1) is 0 Å². The highest BCUT2D eigenvalue weighted by Crippen LogP contribution is 2.39. The standard InChI is InChI=1S/C34H40N2O2S/c1-25-10-6-7-13-30(25)24-36-26(2)34(32-14-8-9-15-33(32)36)29-20-22-35(23-21-29)39(37,38)31-18-16-28(17-19-31)27-11-4-3-5-12-27/h6-10,13-19,27,29H,3-5,11-12,20-24H2,1-2H3. The van der Waals surface area contributed by atoms with Gasteiger partial charge in [0.05, 0.1) is 4.90 Å². The number of rotatable bonds is 6. The maximum Gasteiger partial charge on any atom is 0.243 e. The number of aryl methyl sites for hydroxylation is 1. The highest BCUT2D eigenvalue weighted by Gasteiger charge is 2.32. The summed E-state index contributed by atoms with van der Waals surface area (Å²) in [6, 6.07) is 25.1. The summed E-state index contributed by atoms with van der Waals surface area (Å²) >= 11 is 0. The smallest absolute Gasteiger partial charge is 0.243 e. The molecule has 0 bridgehead atoms. The van der Waals surface area contributed by atoms with Crippen LogP contribution in [0.1, 0.15) is 84.7 Å². The van der Waals surface area contributed by atoms with E-state index in [-0.39, 0.29) is 0 Å². The van der Waals surface area contributed by atoms with Crippen LogP contribution in [0.4, 0.5) is 0 Å². The van der Waals surface area contributed by atoms with E-state index < -0.39 is 10.0 Å². The first kappa shape index (κ1) is 26.3. The van der Waals surface area contributed by atoms with Crippen molar-refractivity contribution in [2.75, 3.05) is 13.1 Å². The molecule has 5 heteroatoms. The van der Waals surface area contributed by atoms with E-state index in [9.17, 15) is 8.42 Å². The molecular formula is C34H40N2O2S. The molecule has 1 aliphatic heterocycles. The van der Waals surface area contributed by atoms with Crippen molar-refractivity contribution in [2.45, 2.75) is 82.1 Å². The van der Waals surface area contributed by atoms with Crippen molar-refractivity contribution in [1.29, 1.82) is 0 Å². The third-order valence-electron chi connectivity index (χ3n) is 9.33. The zero-order valence-corrected chi connectivity index (χ0v) is 24.1. The summed E-state index contributed by atoms with van der Waals surface area (Å²) in [7, 11) is -3.48. The maximum absolute atomic E-state index is 13.6. The lowest BCUT2D eigenvalue weighted by atomic mass is 9.84. The van der Waals surface area contributed by atoms with Crippen molar-refractivity contribution in [3.05, 3.63) is 101 Å². The minimum absolute atomic E-state index is 0.355. The first-order valence-electron chi connectivity index (χ1n) is 14.7. The molecule has 6 rings (SSSR count). The summed E-state index contributed by atoms with van der Waals surface area (Å²) in [6.45, 7) is 6.40. The van der Waals surface area contributed by atoms with Gasteiger partial charge >= 0.3 is 0 Å². The largest absolute Gasteiger partial charge is 0.340 e. The van der Waals surface area contributed by atoms with E-state index in [2.05, 4.69) is 79.1 Å². The van der Waals surface area contributed by atoms with Gasteiger partial charge < -0.3 is 4.57 Å². The van der Waals surface area contributed by atoms with Crippen LogP contribution in [0.3, 0.4) is 0 Å². The summed E-state index contributed by atoms with van der Waals surface area (Å²) in [5.74, 6) is 0.940. The van der Waals surface area contributed by atoms with Gasteiger partial charge in [0.2, 0.25) is 10.0 Å². The Morgan fingerprint density at radius 3 is 2.13 bits per heavy atom. The normalized spacial score (nSPS) is 18.1. The third kappa shape index (κ3) is 5.07. The molecule has 1 aliphatic carbocycles. The number of hydrogen-bond donors (Lipinski definition) is 0. The van der Waals surface area contributed by atoms with E-state index in [1.807, 2.05) is 12.1 Å². The summed E-state index contributed by atoms with van der Waals surface area (Å²) in [5.41, 5.74) is 7.91. The van der Waals surface area contributed by atoms with Crippen LogP contribution in [-0.4, -0.2) is 30.4 Å². The van der Waals surface area contributed by atoms with Crippen LogP contribution in [0.2, 0.25) is 0 Å². The highest BCUT2D eigenvalue weighted by atomic mass is 32.2. The van der Waals surface area contributed by atoms with Crippen LogP contribution in [0.15, 0.2) is 77.7 Å². The molecule has 4 nitrogen and oxygen atoms in total. The molecular weight excluding hydrogens is 500 g/mol. The zero-order valence-electron chi connectivity index (χ0n) is 23.3. The lowest BCUT2D eigenvalue weighted by molar-refractivity contribution is 0.319. The van der Waals surface area contributed by atoms with Crippen molar-refractivity contribution in [2.24, 2.45) is 0 Å². The first-order valence-corrected chi connectivity index (χ1v) is 16.1. The molecule has 3 aromatic carbocycles. The fourth-order valence-electron chi connectivity index (χ4n) is 7.02. The molecule has 2 aliphatic rings. The van der Waals surface area contributed by atoms with Gasteiger partial charge in [0.25, 0.3) is 0 Å². The van der Waals surface area contributed by atoms with Crippen LogP contribution < -0.4 is 0 Å². The molecule has 39 heavy (non-hydrogen) atoms. The Balaban J connectivity index is 1.21. The Kier molecular flexibility index (Phi) is 7.39. The molecule has 2 fully saturated rings. The quantitative estimate of drug-likeness (QED) is 0.249.